The van der Waals surface area contributed by atoms with Crippen molar-refractivity contribution < 1.29 is 13.6 Å². The van der Waals surface area contributed by atoms with Gasteiger partial charge in [0.2, 0.25) is 0 Å². The van der Waals surface area contributed by atoms with Gasteiger partial charge in [0.1, 0.15) is 16.6 Å². The van der Waals surface area contributed by atoms with Crippen LogP contribution in [0.25, 0.3) is 0 Å². The highest BCUT2D eigenvalue weighted by Gasteiger charge is 2.13. The molecule has 7 heteroatoms. The summed E-state index contributed by atoms with van der Waals surface area (Å²) in [5, 5.41) is 5.40. The lowest BCUT2D eigenvalue weighted by atomic mass is 10.1. The van der Waals surface area contributed by atoms with Crippen LogP contribution in [0.4, 0.5) is 14.5 Å². The van der Waals surface area contributed by atoms with Gasteiger partial charge in [-0.3, -0.25) is 4.79 Å². The lowest BCUT2D eigenvalue weighted by molar-refractivity contribution is 0.0996. The first-order valence-corrected chi connectivity index (χ1v) is 6.29. The number of benzene rings is 1. The Bertz CT molecular complexity index is 627. The number of aryl methyl sites for hydroxylation is 1. The molecule has 0 fully saturated rings. The molecule has 0 unspecified atom stereocenters. The van der Waals surface area contributed by atoms with Gasteiger partial charge in [-0.05, 0) is 13.0 Å². The number of aromatic nitrogens is 1. The molecule has 1 aromatic heterocycles. The van der Waals surface area contributed by atoms with Gasteiger partial charge in [0.15, 0.2) is 0 Å². The number of hydrogen-bond acceptors (Lipinski definition) is 4. The van der Waals surface area contributed by atoms with E-state index in [1.807, 2.05) is 12.3 Å². The second-order valence-electron chi connectivity index (χ2n) is 3.91. The fraction of sp³-hybridized carbons (Fsp3) is 0.167. The molecule has 2 rings (SSSR count). The third-order valence-corrected chi connectivity index (χ3v) is 3.39. The molecule has 0 aliphatic heterocycles. The number of amides is 1. The van der Waals surface area contributed by atoms with Gasteiger partial charge in [-0.2, -0.15) is 0 Å². The van der Waals surface area contributed by atoms with Crippen molar-refractivity contribution in [3.63, 3.8) is 0 Å². The summed E-state index contributed by atoms with van der Waals surface area (Å²) in [5.74, 6) is -2.69. The summed E-state index contributed by atoms with van der Waals surface area (Å²) in [6.07, 6.45) is 0. The molecular formula is C12H11F2N3OS. The number of nitrogens with one attached hydrogen (secondary N) is 1. The number of anilines is 1. The maximum atomic E-state index is 13.5. The van der Waals surface area contributed by atoms with Crippen LogP contribution in [-0.4, -0.2) is 10.9 Å². The van der Waals surface area contributed by atoms with Gasteiger partial charge in [-0.25, -0.2) is 13.8 Å². The first-order chi connectivity index (χ1) is 8.97. The van der Waals surface area contributed by atoms with Crippen LogP contribution in [0.5, 0.6) is 0 Å². The molecule has 100 valence electrons. The summed E-state index contributed by atoms with van der Waals surface area (Å²) in [7, 11) is 0. The van der Waals surface area contributed by atoms with Crippen LogP contribution in [0.3, 0.4) is 0 Å². The minimum atomic E-state index is -0.972. The third-order valence-electron chi connectivity index (χ3n) is 2.42. The predicted molar refractivity (Wildman–Crippen MR) is 69.1 cm³/mol. The predicted octanol–water partition coefficient (Wildman–Crippen LogP) is 2.44. The van der Waals surface area contributed by atoms with Crippen LogP contribution in [-0.2, 0) is 6.54 Å². The Balaban J connectivity index is 2.20. The number of halogens is 2. The summed E-state index contributed by atoms with van der Waals surface area (Å²) in [6.45, 7) is 2.14. The first kappa shape index (κ1) is 13.4. The SMILES string of the molecule is Cc1csc(CNc2cc(C(N)=O)c(F)cc2F)n1. The van der Waals surface area contributed by atoms with Crippen LogP contribution in [0.1, 0.15) is 21.1 Å². The van der Waals surface area contributed by atoms with E-state index in [1.54, 1.807) is 0 Å². The van der Waals surface area contributed by atoms with Crippen LogP contribution in [0.15, 0.2) is 17.5 Å². The molecule has 2 aromatic rings. The highest BCUT2D eigenvalue weighted by molar-refractivity contribution is 7.09. The van der Waals surface area contributed by atoms with Gasteiger partial charge in [0, 0.05) is 17.1 Å². The summed E-state index contributed by atoms with van der Waals surface area (Å²) < 4.78 is 26.8. The molecule has 4 nitrogen and oxygen atoms in total. The zero-order chi connectivity index (χ0) is 14.0. The first-order valence-electron chi connectivity index (χ1n) is 5.41. The minimum absolute atomic E-state index is 0.0167. The largest absolute Gasteiger partial charge is 0.376 e. The van der Waals surface area contributed by atoms with E-state index in [0.29, 0.717) is 12.6 Å². The summed E-state index contributed by atoms with van der Waals surface area (Å²) in [6, 6.07) is 1.70. The molecule has 0 radical (unpaired) electrons. The number of carbonyl (C=O) groups excluding carboxylic acids is 1. The Morgan fingerprint density at radius 1 is 1.42 bits per heavy atom. The number of nitrogens with two attached hydrogens (primary N) is 1. The Kier molecular flexibility index (Phi) is 3.75. The topological polar surface area (TPSA) is 68.0 Å². The highest BCUT2D eigenvalue weighted by Crippen LogP contribution is 2.20. The fourth-order valence-electron chi connectivity index (χ4n) is 1.53. The molecule has 0 spiro atoms. The molecule has 0 atom stereocenters. The highest BCUT2D eigenvalue weighted by atomic mass is 32.1. The van der Waals surface area contributed by atoms with Crippen molar-refractivity contribution in [2.24, 2.45) is 5.73 Å². The zero-order valence-electron chi connectivity index (χ0n) is 10.0. The Hall–Kier alpha value is -2.02. The van der Waals surface area contributed by atoms with Crippen molar-refractivity contribution in [1.82, 2.24) is 4.98 Å². The molecule has 0 aliphatic carbocycles. The number of thiazole rings is 1. The van der Waals surface area contributed by atoms with Crippen LogP contribution < -0.4 is 11.1 Å². The molecule has 1 heterocycles. The van der Waals surface area contributed by atoms with Crippen molar-refractivity contribution in [2.75, 3.05) is 5.32 Å². The van der Waals surface area contributed by atoms with Crippen LogP contribution >= 0.6 is 11.3 Å². The van der Waals surface area contributed by atoms with E-state index in [-0.39, 0.29) is 11.3 Å². The molecule has 1 aromatic carbocycles. The van der Waals surface area contributed by atoms with Crippen molar-refractivity contribution in [1.29, 1.82) is 0 Å². The number of hydrogen-bond donors (Lipinski definition) is 2. The fourth-order valence-corrected chi connectivity index (χ4v) is 2.24. The average Bonchev–Trinajstić information content (AvgIpc) is 2.73. The Morgan fingerprint density at radius 3 is 2.74 bits per heavy atom. The van der Waals surface area contributed by atoms with Crippen LogP contribution in [0.2, 0.25) is 0 Å². The molecule has 19 heavy (non-hydrogen) atoms. The normalized spacial score (nSPS) is 10.5. The number of primary amides is 1. The summed E-state index contributed by atoms with van der Waals surface area (Å²) >= 11 is 1.43. The maximum Gasteiger partial charge on any atom is 0.251 e. The third kappa shape index (κ3) is 3.05. The standard InChI is InChI=1S/C12H11F2N3OS/c1-6-5-19-11(17-6)4-16-10-2-7(12(15)18)8(13)3-9(10)14/h2-3,5,16H,4H2,1H3,(H2,15,18). The average molecular weight is 283 g/mol. The number of rotatable bonds is 4. The quantitative estimate of drug-likeness (QED) is 0.905. The number of carbonyl (C=O) groups is 1. The van der Waals surface area contributed by atoms with E-state index < -0.39 is 17.5 Å². The van der Waals surface area contributed by atoms with E-state index >= 15 is 0 Å². The number of nitrogens with zero attached hydrogens (tertiary/aromatic N) is 1. The smallest absolute Gasteiger partial charge is 0.251 e. The second kappa shape index (κ2) is 5.31. The minimum Gasteiger partial charge on any atom is -0.376 e. The van der Waals surface area contributed by atoms with Crippen molar-refractivity contribution >= 4 is 22.9 Å². The van der Waals surface area contributed by atoms with Gasteiger partial charge >= 0.3 is 0 Å². The molecule has 0 saturated heterocycles. The molecular weight excluding hydrogens is 272 g/mol. The van der Waals surface area contributed by atoms with Crippen molar-refractivity contribution in [3.05, 3.63) is 45.4 Å². The van der Waals surface area contributed by atoms with Gasteiger partial charge in [-0.15, -0.1) is 11.3 Å². The van der Waals surface area contributed by atoms with E-state index in [4.69, 9.17) is 5.73 Å². The molecule has 0 aliphatic rings. The lowest BCUT2D eigenvalue weighted by Crippen LogP contribution is -2.14. The molecule has 1 amide bonds. The van der Waals surface area contributed by atoms with Gasteiger partial charge in [0.25, 0.3) is 5.91 Å². The van der Waals surface area contributed by atoms with E-state index in [9.17, 15) is 13.6 Å². The van der Waals surface area contributed by atoms with E-state index in [1.165, 1.54) is 11.3 Å². The monoisotopic (exact) mass is 283 g/mol. The van der Waals surface area contributed by atoms with E-state index in [2.05, 4.69) is 10.3 Å². The van der Waals surface area contributed by atoms with Gasteiger partial charge in [-0.1, -0.05) is 0 Å². The van der Waals surface area contributed by atoms with Crippen molar-refractivity contribution in [2.45, 2.75) is 13.5 Å². The lowest BCUT2D eigenvalue weighted by Gasteiger charge is -2.08. The summed E-state index contributed by atoms with van der Waals surface area (Å²) in [4.78, 5) is 15.2. The van der Waals surface area contributed by atoms with Gasteiger partial charge in [0.05, 0.1) is 17.8 Å². The second-order valence-corrected chi connectivity index (χ2v) is 4.85. The van der Waals surface area contributed by atoms with Crippen molar-refractivity contribution in [3.8, 4) is 0 Å². The molecule has 0 saturated carbocycles. The zero-order valence-corrected chi connectivity index (χ0v) is 10.9. The summed E-state index contributed by atoms with van der Waals surface area (Å²) in [5.41, 5.74) is 5.55. The van der Waals surface area contributed by atoms with E-state index in [0.717, 1.165) is 16.8 Å². The molecule has 3 N–H and O–H groups in total. The maximum absolute atomic E-state index is 13.5. The van der Waals surface area contributed by atoms with Gasteiger partial charge < -0.3 is 11.1 Å². The Morgan fingerprint density at radius 2 is 2.16 bits per heavy atom. The molecule has 0 bridgehead atoms. The van der Waals surface area contributed by atoms with Crippen LogP contribution in [0, 0.1) is 18.6 Å². The Labute approximate surface area is 112 Å².